The molecule has 0 aromatic carbocycles. The predicted octanol–water partition coefficient (Wildman–Crippen LogP) is 2.81. The lowest BCUT2D eigenvalue weighted by molar-refractivity contribution is 0.0364. The van der Waals surface area contributed by atoms with Crippen LogP contribution in [0.4, 0.5) is 0 Å². The summed E-state index contributed by atoms with van der Waals surface area (Å²) in [7, 11) is 0.896. The summed E-state index contributed by atoms with van der Waals surface area (Å²) in [5.74, 6) is 0.956. The van der Waals surface area contributed by atoms with E-state index in [1.807, 2.05) is 0 Å². The molecule has 1 rings (SSSR count). The van der Waals surface area contributed by atoms with Gasteiger partial charge in [-0.3, -0.25) is 0 Å². The summed E-state index contributed by atoms with van der Waals surface area (Å²) in [5.41, 5.74) is 0.244. The SMILES string of the molecule is CCC(CC)(CC1CCCCC1)O[SiH3]. The molecule has 0 radical (unpaired) electrons. The van der Waals surface area contributed by atoms with Crippen molar-refractivity contribution in [2.24, 2.45) is 5.92 Å². The van der Waals surface area contributed by atoms with E-state index in [1.165, 1.54) is 51.4 Å². The maximum absolute atomic E-state index is 5.88. The van der Waals surface area contributed by atoms with Gasteiger partial charge in [-0.15, -0.1) is 0 Å². The van der Waals surface area contributed by atoms with Crippen molar-refractivity contribution in [3.8, 4) is 0 Å². The van der Waals surface area contributed by atoms with Gasteiger partial charge in [0.25, 0.3) is 0 Å². The predicted molar refractivity (Wildman–Crippen MR) is 65.5 cm³/mol. The van der Waals surface area contributed by atoms with Crippen molar-refractivity contribution < 1.29 is 4.43 Å². The molecule has 2 heteroatoms. The van der Waals surface area contributed by atoms with Crippen molar-refractivity contribution in [2.75, 3.05) is 0 Å². The van der Waals surface area contributed by atoms with Crippen LogP contribution >= 0.6 is 0 Å². The van der Waals surface area contributed by atoms with E-state index in [0.29, 0.717) is 0 Å². The minimum absolute atomic E-state index is 0.244. The van der Waals surface area contributed by atoms with Gasteiger partial charge in [0.1, 0.15) is 10.5 Å². The Morgan fingerprint density at radius 1 is 1.14 bits per heavy atom. The van der Waals surface area contributed by atoms with E-state index in [4.69, 9.17) is 4.43 Å². The highest BCUT2D eigenvalue weighted by atomic mass is 28.2. The van der Waals surface area contributed by atoms with Crippen LogP contribution in [0, 0.1) is 5.92 Å². The van der Waals surface area contributed by atoms with E-state index in [2.05, 4.69) is 13.8 Å². The van der Waals surface area contributed by atoms with Gasteiger partial charge in [-0.25, -0.2) is 0 Å². The lowest BCUT2D eigenvalue weighted by atomic mass is 9.79. The maximum Gasteiger partial charge on any atom is 0.146 e. The van der Waals surface area contributed by atoms with Gasteiger partial charge in [0.05, 0.1) is 5.60 Å². The standard InChI is InChI=1S/C12H26OSi/c1-3-12(4-2,13-14)10-11-8-6-5-7-9-11/h11H,3-10H2,1-2,14H3. The molecule has 0 amide bonds. The normalized spacial score (nSPS) is 20.1. The second-order valence-electron chi connectivity index (χ2n) is 4.80. The van der Waals surface area contributed by atoms with Crippen LogP contribution < -0.4 is 0 Å². The largest absolute Gasteiger partial charge is 0.422 e. The molecule has 14 heavy (non-hydrogen) atoms. The zero-order valence-electron chi connectivity index (χ0n) is 10.1. The Morgan fingerprint density at radius 3 is 2.14 bits per heavy atom. The van der Waals surface area contributed by atoms with E-state index in [9.17, 15) is 0 Å². The van der Waals surface area contributed by atoms with Crippen molar-refractivity contribution >= 4 is 10.5 Å². The van der Waals surface area contributed by atoms with Crippen LogP contribution in [-0.4, -0.2) is 16.1 Å². The second-order valence-corrected chi connectivity index (χ2v) is 5.21. The first-order valence-corrected chi connectivity index (χ1v) is 7.13. The molecule has 1 saturated carbocycles. The molecule has 0 aromatic rings. The summed E-state index contributed by atoms with van der Waals surface area (Å²) in [6.45, 7) is 4.56. The van der Waals surface area contributed by atoms with Crippen LogP contribution in [0.3, 0.4) is 0 Å². The van der Waals surface area contributed by atoms with E-state index in [1.54, 1.807) is 0 Å². The van der Waals surface area contributed by atoms with Crippen molar-refractivity contribution in [3.05, 3.63) is 0 Å². The van der Waals surface area contributed by atoms with E-state index in [-0.39, 0.29) is 5.60 Å². The third-order valence-electron chi connectivity index (χ3n) is 4.11. The number of rotatable bonds is 5. The zero-order valence-corrected chi connectivity index (χ0v) is 12.1. The quantitative estimate of drug-likeness (QED) is 0.640. The van der Waals surface area contributed by atoms with Crippen molar-refractivity contribution in [1.29, 1.82) is 0 Å². The van der Waals surface area contributed by atoms with E-state index >= 15 is 0 Å². The minimum atomic E-state index is 0.244. The highest BCUT2D eigenvalue weighted by Crippen LogP contribution is 2.35. The van der Waals surface area contributed by atoms with Gasteiger partial charge in [0, 0.05) is 0 Å². The maximum atomic E-state index is 5.88. The van der Waals surface area contributed by atoms with E-state index < -0.39 is 0 Å². The Morgan fingerprint density at radius 2 is 1.71 bits per heavy atom. The number of hydrogen-bond acceptors (Lipinski definition) is 1. The lowest BCUT2D eigenvalue weighted by Crippen LogP contribution is -2.33. The fourth-order valence-electron chi connectivity index (χ4n) is 2.83. The van der Waals surface area contributed by atoms with Gasteiger partial charge < -0.3 is 4.43 Å². The van der Waals surface area contributed by atoms with Crippen LogP contribution in [0.25, 0.3) is 0 Å². The van der Waals surface area contributed by atoms with Crippen molar-refractivity contribution in [2.45, 2.75) is 70.8 Å². The minimum Gasteiger partial charge on any atom is -0.422 e. The Balaban J connectivity index is 2.44. The summed E-state index contributed by atoms with van der Waals surface area (Å²) in [6.07, 6.45) is 11.0. The average Bonchev–Trinajstić information content (AvgIpc) is 2.28. The molecule has 84 valence electrons. The van der Waals surface area contributed by atoms with Gasteiger partial charge in [0.2, 0.25) is 0 Å². The fraction of sp³-hybridized carbons (Fsp3) is 1.00. The number of hydrogen-bond donors (Lipinski definition) is 0. The molecule has 0 atom stereocenters. The van der Waals surface area contributed by atoms with E-state index in [0.717, 1.165) is 16.4 Å². The van der Waals surface area contributed by atoms with Crippen LogP contribution in [0.15, 0.2) is 0 Å². The topological polar surface area (TPSA) is 9.23 Å². The lowest BCUT2D eigenvalue weighted by Gasteiger charge is -2.36. The third kappa shape index (κ3) is 3.09. The van der Waals surface area contributed by atoms with Crippen LogP contribution in [0.5, 0.6) is 0 Å². The van der Waals surface area contributed by atoms with Crippen LogP contribution in [0.2, 0.25) is 0 Å². The summed E-state index contributed by atoms with van der Waals surface area (Å²) in [4.78, 5) is 0. The first-order valence-electron chi connectivity index (χ1n) is 6.31. The summed E-state index contributed by atoms with van der Waals surface area (Å²) < 4.78 is 5.88. The molecule has 0 bridgehead atoms. The van der Waals surface area contributed by atoms with Gasteiger partial charge in [-0.1, -0.05) is 46.0 Å². The molecule has 0 spiro atoms. The van der Waals surface area contributed by atoms with Gasteiger partial charge in [-0.05, 0) is 25.2 Å². The molecule has 0 aliphatic heterocycles. The Labute approximate surface area is 92.2 Å². The Kier molecular flexibility index (Phi) is 5.17. The van der Waals surface area contributed by atoms with Gasteiger partial charge in [0.15, 0.2) is 0 Å². The molecule has 1 aliphatic carbocycles. The molecule has 1 fully saturated rings. The van der Waals surface area contributed by atoms with Gasteiger partial charge >= 0.3 is 0 Å². The molecule has 0 unspecified atom stereocenters. The monoisotopic (exact) mass is 214 g/mol. The molecule has 1 aliphatic rings. The van der Waals surface area contributed by atoms with Gasteiger partial charge in [-0.2, -0.15) is 0 Å². The smallest absolute Gasteiger partial charge is 0.146 e. The highest BCUT2D eigenvalue weighted by molar-refractivity contribution is 5.98. The average molecular weight is 214 g/mol. The molecular formula is C12H26OSi. The zero-order chi connectivity index (χ0) is 10.4. The highest BCUT2D eigenvalue weighted by Gasteiger charge is 2.29. The summed E-state index contributed by atoms with van der Waals surface area (Å²) >= 11 is 0. The van der Waals surface area contributed by atoms with Crippen LogP contribution in [0.1, 0.15) is 65.2 Å². The summed E-state index contributed by atoms with van der Waals surface area (Å²) in [5, 5.41) is 0. The molecule has 1 nitrogen and oxygen atoms in total. The first kappa shape index (κ1) is 12.2. The Bertz CT molecular complexity index is 140. The van der Waals surface area contributed by atoms with Crippen molar-refractivity contribution in [1.82, 2.24) is 0 Å². The second kappa shape index (κ2) is 5.91. The summed E-state index contributed by atoms with van der Waals surface area (Å²) in [6, 6.07) is 0. The molecular weight excluding hydrogens is 188 g/mol. The molecule has 0 aromatic heterocycles. The van der Waals surface area contributed by atoms with Crippen molar-refractivity contribution in [3.63, 3.8) is 0 Å². The fourth-order valence-corrected chi connectivity index (χ4v) is 3.57. The molecule has 0 saturated heterocycles. The third-order valence-corrected chi connectivity index (χ3v) is 4.97. The van der Waals surface area contributed by atoms with Crippen LogP contribution in [-0.2, 0) is 4.43 Å². The molecule has 0 heterocycles. The Hall–Kier alpha value is 0.177. The molecule has 0 N–H and O–H groups in total. The first-order chi connectivity index (χ1) is 6.76.